The van der Waals surface area contributed by atoms with Crippen LogP contribution < -0.4 is 10.1 Å². The summed E-state index contributed by atoms with van der Waals surface area (Å²) in [6, 6.07) is 14.5. The fraction of sp³-hybridized carbons (Fsp3) is 0.217. The SMILES string of the molecule is CCCCN1C(=O)C(c2c(C)[nH]n(-c3ccccc3)c2=O)=C([n+]2ccccc2)C1=O. The molecule has 0 radical (unpaired) electrons. The molecule has 30 heavy (non-hydrogen) atoms. The second-order valence-corrected chi connectivity index (χ2v) is 7.21. The molecule has 3 heterocycles. The molecule has 152 valence electrons. The topological polar surface area (TPSA) is 79.1 Å². The van der Waals surface area contributed by atoms with Gasteiger partial charge in [0.2, 0.25) is 0 Å². The summed E-state index contributed by atoms with van der Waals surface area (Å²) in [5, 5.41) is 3.05. The minimum Gasteiger partial charge on any atom is -0.295 e. The predicted molar refractivity (Wildman–Crippen MR) is 113 cm³/mol. The van der Waals surface area contributed by atoms with E-state index in [1.165, 1.54) is 9.58 Å². The Kier molecular flexibility index (Phi) is 5.18. The number of aryl methyl sites for hydroxylation is 1. The zero-order valence-electron chi connectivity index (χ0n) is 17.0. The van der Waals surface area contributed by atoms with E-state index >= 15 is 0 Å². The number of nitrogens with one attached hydrogen (secondary N) is 1. The average molecular weight is 403 g/mol. The molecule has 0 fully saturated rings. The van der Waals surface area contributed by atoms with Crippen molar-refractivity contribution in [1.29, 1.82) is 0 Å². The van der Waals surface area contributed by atoms with Crippen LogP contribution in [0.15, 0.2) is 65.7 Å². The smallest absolute Gasteiger partial charge is 0.295 e. The molecule has 1 aliphatic rings. The largest absolute Gasteiger partial charge is 0.326 e. The summed E-state index contributed by atoms with van der Waals surface area (Å²) in [5.74, 6) is -0.815. The van der Waals surface area contributed by atoms with Gasteiger partial charge in [-0.2, -0.15) is 4.57 Å². The fourth-order valence-corrected chi connectivity index (χ4v) is 3.70. The lowest BCUT2D eigenvalue weighted by Crippen LogP contribution is -2.39. The van der Waals surface area contributed by atoms with Crippen LogP contribution in [-0.4, -0.2) is 33.0 Å². The Balaban J connectivity index is 1.93. The van der Waals surface area contributed by atoms with E-state index in [0.717, 1.165) is 6.42 Å². The Bertz CT molecular complexity index is 1190. The molecule has 7 heteroatoms. The summed E-state index contributed by atoms with van der Waals surface area (Å²) in [6.07, 6.45) is 4.98. The summed E-state index contributed by atoms with van der Waals surface area (Å²) in [5.41, 5.74) is 1.40. The molecule has 1 aromatic carbocycles. The van der Waals surface area contributed by atoms with Gasteiger partial charge in [-0.3, -0.25) is 24.4 Å². The predicted octanol–water partition coefficient (Wildman–Crippen LogP) is 2.30. The Hall–Kier alpha value is -3.74. The number of H-pyrrole nitrogens is 1. The van der Waals surface area contributed by atoms with E-state index in [-0.39, 0.29) is 28.3 Å². The molecule has 0 atom stereocenters. The van der Waals surface area contributed by atoms with Crippen LogP contribution in [0, 0.1) is 6.92 Å². The Labute approximate surface area is 173 Å². The first-order valence-corrected chi connectivity index (χ1v) is 9.99. The number of amides is 2. The fourth-order valence-electron chi connectivity index (χ4n) is 3.70. The highest BCUT2D eigenvalue weighted by molar-refractivity contribution is 6.44. The summed E-state index contributed by atoms with van der Waals surface area (Å²) >= 11 is 0. The van der Waals surface area contributed by atoms with Gasteiger partial charge >= 0.3 is 5.91 Å². The normalized spacial score (nSPS) is 14.1. The minimum atomic E-state index is -0.431. The molecular weight excluding hydrogens is 380 g/mol. The third-order valence-electron chi connectivity index (χ3n) is 5.19. The number of aromatic nitrogens is 3. The van der Waals surface area contributed by atoms with Gasteiger partial charge in [-0.15, -0.1) is 0 Å². The molecule has 0 unspecified atom stereocenters. The highest BCUT2D eigenvalue weighted by Crippen LogP contribution is 2.29. The number of para-hydroxylation sites is 1. The molecule has 0 spiro atoms. The number of carbonyl (C=O) groups excluding carboxylic acids is 2. The van der Waals surface area contributed by atoms with Crippen molar-refractivity contribution in [2.24, 2.45) is 0 Å². The number of hydrogen-bond acceptors (Lipinski definition) is 3. The Morgan fingerprint density at radius 1 is 0.933 bits per heavy atom. The van der Waals surface area contributed by atoms with Gasteiger partial charge in [0.25, 0.3) is 17.2 Å². The van der Waals surface area contributed by atoms with E-state index in [0.29, 0.717) is 24.3 Å². The second kappa shape index (κ2) is 7.94. The minimum absolute atomic E-state index is 0.140. The lowest BCUT2D eigenvalue weighted by molar-refractivity contribution is -0.576. The van der Waals surface area contributed by atoms with Gasteiger partial charge < -0.3 is 0 Å². The van der Waals surface area contributed by atoms with Crippen LogP contribution in [0.5, 0.6) is 0 Å². The van der Waals surface area contributed by atoms with E-state index in [4.69, 9.17) is 0 Å². The number of benzene rings is 1. The van der Waals surface area contributed by atoms with Crippen molar-refractivity contribution >= 4 is 23.1 Å². The van der Waals surface area contributed by atoms with Gasteiger partial charge in [0, 0.05) is 24.4 Å². The monoisotopic (exact) mass is 403 g/mol. The standard InChI is InChI=1S/C23H22N4O3/c1-3-4-15-26-21(28)19(20(23(26)30)25-13-9-6-10-14-25)18-16(2)24-27(22(18)29)17-11-7-5-8-12-17/h5-14H,3-4,15H2,1-2H3/p+1. The van der Waals surface area contributed by atoms with Crippen molar-refractivity contribution in [2.75, 3.05) is 6.54 Å². The molecule has 1 N–H and O–H groups in total. The molecule has 2 aromatic heterocycles. The maximum Gasteiger partial charge on any atom is 0.326 e. The third kappa shape index (κ3) is 3.18. The van der Waals surface area contributed by atoms with Crippen molar-refractivity contribution < 1.29 is 14.2 Å². The molecular formula is C23H23N4O3+. The van der Waals surface area contributed by atoms with E-state index in [9.17, 15) is 14.4 Å². The van der Waals surface area contributed by atoms with Gasteiger partial charge in [-0.25, -0.2) is 4.68 Å². The van der Waals surface area contributed by atoms with Gasteiger partial charge in [-0.05, 0) is 25.5 Å². The number of pyridine rings is 1. The summed E-state index contributed by atoms with van der Waals surface area (Å²) < 4.78 is 3.01. The highest BCUT2D eigenvalue weighted by Gasteiger charge is 2.46. The quantitative estimate of drug-likeness (QED) is 0.507. The van der Waals surface area contributed by atoms with E-state index in [1.54, 1.807) is 48.1 Å². The van der Waals surface area contributed by atoms with Gasteiger partial charge in [-0.1, -0.05) is 37.6 Å². The number of carbonyl (C=O) groups is 2. The lowest BCUT2D eigenvalue weighted by atomic mass is 10.1. The van der Waals surface area contributed by atoms with Crippen LogP contribution in [0.4, 0.5) is 0 Å². The van der Waals surface area contributed by atoms with Crippen LogP contribution in [0.25, 0.3) is 17.0 Å². The molecule has 7 nitrogen and oxygen atoms in total. The molecule has 1 aliphatic heterocycles. The number of imide groups is 1. The van der Waals surface area contributed by atoms with Crippen molar-refractivity contribution in [1.82, 2.24) is 14.7 Å². The molecule has 0 aliphatic carbocycles. The van der Waals surface area contributed by atoms with E-state index < -0.39 is 5.91 Å². The number of nitrogens with zero attached hydrogens (tertiary/aromatic N) is 3. The van der Waals surface area contributed by atoms with Crippen molar-refractivity contribution in [2.45, 2.75) is 26.7 Å². The first-order chi connectivity index (χ1) is 14.5. The zero-order chi connectivity index (χ0) is 21.3. The van der Waals surface area contributed by atoms with E-state index in [1.807, 2.05) is 31.2 Å². The maximum absolute atomic E-state index is 13.3. The number of hydrogen-bond donors (Lipinski definition) is 1. The molecule has 0 bridgehead atoms. The molecule has 4 rings (SSSR count). The van der Waals surface area contributed by atoms with Crippen molar-refractivity contribution in [3.8, 4) is 5.69 Å². The molecule has 3 aromatic rings. The first kappa shape index (κ1) is 19.6. The van der Waals surface area contributed by atoms with Gasteiger partial charge in [0.15, 0.2) is 12.4 Å². The average Bonchev–Trinajstić information content (AvgIpc) is 3.19. The Morgan fingerprint density at radius 3 is 2.27 bits per heavy atom. The van der Waals surface area contributed by atoms with Crippen LogP contribution in [0.1, 0.15) is 31.0 Å². The zero-order valence-corrected chi connectivity index (χ0v) is 17.0. The first-order valence-electron chi connectivity index (χ1n) is 9.99. The Morgan fingerprint density at radius 2 is 1.60 bits per heavy atom. The molecule has 0 saturated carbocycles. The maximum atomic E-state index is 13.3. The lowest BCUT2D eigenvalue weighted by Gasteiger charge is -2.12. The second-order valence-electron chi connectivity index (χ2n) is 7.21. The van der Waals surface area contributed by atoms with Crippen molar-refractivity contribution in [3.05, 3.63) is 82.5 Å². The number of aromatic amines is 1. The van der Waals surface area contributed by atoms with E-state index in [2.05, 4.69) is 5.10 Å². The van der Waals surface area contributed by atoms with Gasteiger partial charge in [0.1, 0.15) is 5.57 Å². The number of unbranched alkanes of at least 4 members (excludes halogenated alkanes) is 1. The summed E-state index contributed by atoms with van der Waals surface area (Å²) in [7, 11) is 0. The molecule has 2 amide bonds. The third-order valence-corrected chi connectivity index (χ3v) is 5.19. The molecule has 0 saturated heterocycles. The van der Waals surface area contributed by atoms with Gasteiger partial charge in [0.05, 0.1) is 11.3 Å². The summed E-state index contributed by atoms with van der Waals surface area (Å²) in [6.45, 7) is 4.06. The van der Waals surface area contributed by atoms with Crippen LogP contribution >= 0.6 is 0 Å². The summed E-state index contributed by atoms with van der Waals surface area (Å²) in [4.78, 5) is 41.1. The van der Waals surface area contributed by atoms with Crippen molar-refractivity contribution in [3.63, 3.8) is 0 Å². The van der Waals surface area contributed by atoms with Crippen LogP contribution in [-0.2, 0) is 9.59 Å². The van der Waals surface area contributed by atoms with Crippen LogP contribution in [0.3, 0.4) is 0 Å². The highest BCUT2D eigenvalue weighted by atomic mass is 16.2. The number of rotatable bonds is 6. The van der Waals surface area contributed by atoms with Crippen LogP contribution in [0.2, 0.25) is 0 Å².